The van der Waals surface area contributed by atoms with Crippen LogP contribution in [0.5, 0.6) is 5.88 Å². The predicted molar refractivity (Wildman–Crippen MR) is 114 cm³/mol. The van der Waals surface area contributed by atoms with Crippen molar-refractivity contribution in [3.8, 4) is 5.88 Å². The van der Waals surface area contributed by atoms with Gasteiger partial charge in [0.1, 0.15) is 19.3 Å². The van der Waals surface area contributed by atoms with E-state index in [2.05, 4.69) is 31.4 Å². The Labute approximate surface area is 188 Å². The van der Waals surface area contributed by atoms with E-state index >= 15 is 0 Å². The van der Waals surface area contributed by atoms with Gasteiger partial charge in [-0.1, -0.05) is 30.3 Å². The number of carbonyl (C=O) groups is 3. The Morgan fingerprint density at radius 1 is 1.24 bits per heavy atom. The summed E-state index contributed by atoms with van der Waals surface area (Å²) in [5.41, 5.74) is 0.746. The van der Waals surface area contributed by atoms with Gasteiger partial charge in [-0.25, -0.2) is 9.59 Å². The second kappa shape index (κ2) is 11.9. The number of carboxylic acids is 1. The third-order valence-corrected chi connectivity index (χ3v) is 4.30. The molecule has 1 aliphatic heterocycles. The van der Waals surface area contributed by atoms with Crippen molar-refractivity contribution in [1.82, 2.24) is 26.4 Å². The van der Waals surface area contributed by atoms with Crippen LogP contribution in [0.1, 0.15) is 16.1 Å². The fraction of sp³-hybridized carbons (Fsp3) is 0.350. The number of aromatic nitrogens is 1. The van der Waals surface area contributed by atoms with E-state index < -0.39 is 30.6 Å². The Hall–Kier alpha value is -4.29. The lowest BCUT2D eigenvalue weighted by atomic mass is 10.2. The first-order chi connectivity index (χ1) is 16.0. The number of benzene rings is 1. The van der Waals surface area contributed by atoms with Crippen molar-refractivity contribution in [1.29, 1.82) is 0 Å². The summed E-state index contributed by atoms with van der Waals surface area (Å²) in [6.45, 7) is 1.81. The van der Waals surface area contributed by atoms with Gasteiger partial charge in [-0.2, -0.15) is 0 Å². The van der Waals surface area contributed by atoms with Crippen molar-refractivity contribution in [2.75, 3.05) is 32.8 Å². The number of carboxylic acid groups (broad SMARTS) is 1. The quantitative estimate of drug-likeness (QED) is 0.280. The molecule has 1 aliphatic rings. The van der Waals surface area contributed by atoms with Gasteiger partial charge in [-0.15, -0.1) is 0 Å². The number of ether oxygens (including phenoxy) is 2. The van der Waals surface area contributed by atoms with Crippen LogP contribution < -0.4 is 26.0 Å². The second-order valence-electron chi connectivity index (χ2n) is 6.77. The van der Waals surface area contributed by atoms with Gasteiger partial charge in [0.25, 0.3) is 11.8 Å². The van der Waals surface area contributed by atoms with Crippen molar-refractivity contribution < 1.29 is 33.5 Å². The van der Waals surface area contributed by atoms with Gasteiger partial charge >= 0.3 is 12.1 Å². The van der Waals surface area contributed by atoms with Crippen molar-refractivity contribution >= 4 is 23.9 Å². The molecule has 0 spiro atoms. The third kappa shape index (κ3) is 7.72. The molecule has 1 unspecified atom stereocenters. The summed E-state index contributed by atoms with van der Waals surface area (Å²) in [6, 6.07) is 8.77. The molecule has 3 rings (SSSR count). The average molecular weight is 460 g/mol. The summed E-state index contributed by atoms with van der Waals surface area (Å²) < 4.78 is 15.3. The number of hydrogen-bond acceptors (Lipinski definition) is 10. The summed E-state index contributed by atoms with van der Waals surface area (Å²) >= 11 is 0. The Bertz CT molecular complexity index is 978. The zero-order valence-corrected chi connectivity index (χ0v) is 17.6. The largest absolute Gasteiger partial charge is 0.480 e. The van der Waals surface area contributed by atoms with E-state index in [0.717, 1.165) is 18.7 Å². The summed E-state index contributed by atoms with van der Waals surface area (Å²) in [7, 11) is 0. The molecule has 5 N–H and O–H groups in total. The fourth-order valence-corrected chi connectivity index (χ4v) is 2.66. The lowest BCUT2D eigenvalue weighted by Crippen LogP contribution is -2.48. The first-order valence-electron chi connectivity index (χ1n) is 10.1. The highest BCUT2D eigenvalue weighted by molar-refractivity contribution is 5.92. The molecule has 13 nitrogen and oxygen atoms in total. The molecule has 0 aliphatic carbocycles. The lowest BCUT2D eigenvalue weighted by molar-refractivity contribution is -0.139. The van der Waals surface area contributed by atoms with Gasteiger partial charge in [0.05, 0.1) is 19.2 Å². The number of guanidine groups is 1. The molecule has 13 heteroatoms. The van der Waals surface area contributed by atoms with Gasteiger partial charge in [0, 0.05) is 13.1 Å². The number of amides is 2. The average Bonchev–Trinajstić information content (AvgIpc) is 3.51. The number of aliphatic carboxylic acids is 1. The minimum atomic E-state index is -1.41. The van der Waals surface area contributed by atoms with E-state index in [1.165, 1.54) is 6.07 Å². The molecule has 0 saturated heterocycles. The highest BCUT2D eigenvalue weighted by Gasteiger charge is 2.23. The summed E-state index contributed by atoms with van der Waals surface area (Å²) in [6.07, 6.45) is -0.928. The normalized spacial score (nSPS) is 13.3. The third-order valence-electron chi connectivity index (χ3n) is 4.30. The maximum Gasteiger partial charge on any atom is 0.408 e. The highest BCUT2D eigenvalue weighted by atomic mass is 16.5. The molecule has 1 atom stereocenters. The first-order valence-corrected chi connectivity index (χ1v) is 10.1. The van der Waals surface area contributed by atoms with E-state index in [9.17, 15) is 19.5 Å². The monoisotopic (exact) mass is 460 g/mol. The molecule has 1 aromatic heterocycles. The Kier molecular flexibility index (Phi) is 8.45. The van der Waals surface area contributed by atoms with Crippen molar-refractivity contribution in [3.63, 3.8) is 0 Å². The molecular formula is C20H24N6O7. The van der Waals surface area contributed by atoms with E-state index in [1.54, 1.807) is 24.3 Å². The van der Waals surface area contributed by atoms with Crippen molar-refractivity contribution in [2.24, 2.45) is 4.99 Å². The first kappa shape index (κ1) is 23.4. The molecule has 2 amide bonds. The van der Waals surface area contributed by atoms with E-state index in [1.807, 2.05) is 6.07 Å². The predicted octanol–water partition coefficient (Wildman–Crippen LogP) is -0.288. The maximum absolute atomic E-state index is 12.2. The van der Waals surface area contributed by atoms with Crippen LogP contribution in [0.3, 0.4) is 0 Å². The summed E-state index contributed by atoms with van der Waals surface area (Å²) in [4.78, 5) is 39.7. The van der Waals surface area contributed by atoms with Crippen LogP contribution in [-0.4, -0.2) is 73.0 Å². The number of rotatable bonds is 11. The summed E-state index contributed by atoms with van der Waals surface area (Å²) in [5, 5.41) is 23.6. The van der Waals surface area contributed by atoms with Gasteiger partial charge in [-0.05, 0) is 10.7 Å². The standard InChI is InChI=1S/C20H24N6O7/c27-17(15-10-16(26-33-15)31-9-8-23-19-21-6-7-22-19)24-11-14(18(28)29)25-20(30)32-12-13-4-2-1-3-5-13/h1-5,10,14H,6-9,11-12H2,(H,24,27)(H,25,30)(H,28,29)(H2,21,22,23). The van der Waals surface area contributed by atoms with E-state index in [-0.39, 0.29) is 24.9 Å². The second-order valence-corrected chi connectivity index (χ2v) is 6.77. The van der Waals surface area contributed by atoms with E-state index in [0.29, 0.717) is 12.5 Å². The van der Waals surface area contributed by atoms with Crippen LogP contribution in [0.25, 0.3) is 0 Å². The Morgan fingerprint density at radius 2 is 2.06 bits per heavy atom. The van der Waals surface area contributed by atoms with Crippen LogP contribution in [0.4, 0.5) is 4.79 Å². The van der Waals surface area contributed by atoms with Gasteiger partial charge < -0.3 is 40.4 Å². The number of nitrogens with zero attached hydrogens (tertiary/aromatic N) is 2. The van der Waals surface area contributed by atoms with Crippen LogP contribution in [0.2, 0.25) is 0 Å². The van der Waals surface area contributed by atoms with Gasteiger partial charge in [0.15, 0.2) is 5.96 Å². The molecule has 0 saturated carbocycles. The molecule has 0 fully saturated rings. The zero-order chi connectivity index (χ0) is 23.5. The lowest BCUT2D eigenvalue weighted by Gasteiger charge is -2.15. The number of aliphatic imine (C=N–C) groups is 1. The smallest absolute Gasteiger partial charge is 0.408 e. The minimum Gasteiger partial charge on any atom is -0.480 e. The number of alkyl carbamates (subject to hydrolysis) is 1. The molecular weight excluding hydrogens is 436 g/mol. The number of carbonyl (C=O) groups excluding carboxylic acids is 2. The van der Waals surface area contributed by atoms with Crippen molar-refractivity contribution in [3.05, 3.63) is 47.7 Å². The molecule has 1 aromatic carbocycles. The molecule has 2 aromatic rings. The fourth-order valence-electron chi connectivity index (χ4n) is 2.66. The van der Waals surface area contributed by atoms with Crippen LogP contribution in [0.15, 0.2) is 45.9 Å². The number of hydrogen-bond donors (Lipinski definition) is 5. The minimum absolute atomic E-state index is 0.0215. The highest BCUT2D eigenvalue weighted by Crippen LogP contribution is 2.11. The van der Waals surface area contributed by atoms with Gasteiger partial charge in [0.2, 0.25) is 5.76 Å². The summed E-state index contributed by atoms with van der Waals surface area (Å²) in [5.74, 6) is -1.44. The Morgan fingerprint density at radius 3 is 2.79 bits per heavy atom. The molecule has 33 heavy (non-hydrogen) atoms. The zero-order valence-electron chi connectivity index (χ0n) is 17.6. The van der Waals surface area contributed by atoms with Crippen LogP contribution in [-0.2, 0) is 16.1 Å². The topological polar surface area (TPSA) is 176 Å². The van der Waals surface area contributed by atoms with Crippen LogP contribution >= 0.6 is 0 Å². The van der Waals surface area contributed by atoms with Crippen molar-refractivity contribution in [2.45, 2.75) is 12.6 Å². The number of nitrogens with one attached hydrogen (secondary N) is 4. The van der Waals surface area contributed by atoms with E-state index in [4.69, 9.17) is 14.0 Å². The Balaban J connectivity index is 1.39. The molecule has 2 heterocycles. The molecule has 176 valence electrons. The SMILES string of the molecule is O=C(NC(CNC(=O)c1cc(OCCNC2=NCCN2)no1)C(=O)O)OCc1ccccc1. The molecule has 0 radical (unpaired) electrons. The van der Waals surface area contributed by atoms with Gasteiger partial charge in [-0.3, -0.25) is 9.79 Å². The molecule has 0 bridgehead atoms. The maximum atomic E-state index is 12.2. The van der Waals surface area contributed by atoms with Crippen LogP contribution in [0, 0.1) is 0 Å².